The number of aliphatic hydroxyl groups is 1. The van der Waals surface area contributed by atoms with Crippen LogP contribution in [0.1, 0.15) is 38.2 Å². The second kappa shape index (κ2) is 6.77. The minimum atomic E-state index is -3.55. The molecule has 2 atom stereocenters. The summed E-state index contributed by atoms with van der Waals surface area (Å²) >= 11 is 3.31. The molecule has 1 aliphatic carbocycles. The van der Waals surface area contributed by atoms with Crippen molar-refractivity contribution in [1.82, 2.24) is 4.31 Å². The Kier molecular flexibility index (Phi) is 5.46. The lowest BCUT2D eigenvalue weighted by Gasteiger charge is -2.33. The third kappa shape index (κ3) is 3.67. The predicted molar refractivity (Wildman–Crippen MR) is 86.4 cm³/mol. The fraction of sp³-hybridized carbons (Fsp3) is 0.600. The zero-order valence-corrected chi connectivity index (χ0v) is 14.8. The smallest absolute Gasteiger partial charge is 0.244 e. The van der Waals surface area contributed by atoms with Crippen molar-refractivity contribution in [3.8, 4) is 0 Å². The summed E-state index contributed by atoms with van der Waals surface area (Å²) < 4.78 is 27.7. The summed E-state index contributed by atoms with van der Waals surface area (Å²) in [6.45, 7) is 2.01. The fourth-order valence-electron chi connectivity index (χ4n) is 2.93. The fourth-order valence-corrected chi connectivity index (χ4v) is 5.30. The van der Waals surface area contributed by atoms with Crippen LogP contribution in [0, 0.1) is 5.92 Å². The van der Waals surface area contributed by atoms with Crippen molar-refractivity contribution < 1.29 is 13.5 Å². The van der Waals surface area contributed by atoms with Gasteiger partial charge in [0.15, 0.2) is 0 Å². The van der Waals surface area contributed by atoms with E-state index in [9.17, 15) is 13.5 Å². The first-order chi connectivity index (χ1) is 9.86. The van der Waals surface area contributed by atoms with E-state index in [1.165, 1.54) is 10.7 Å². The molecule has 0 amide bonds. The highest BCUT2D eigenvalue weighted by Crippen LogP contribution is 2.32. The number of benzene rings is 1. The van der Waals surface area contributed by atoms with Crippen LogP contribution in [0.3, 0.4) is 0 Å². The molecule has 0 spiro atoms. The van der Waals surface area contributed by atoms with Crippen LogP contribution in [0.25, 0.3) is 0 Å². The van der Waals surface area contributed by atoms with E-state index >= 15 is 0 Å². The van der Waals surface area contributed by atoms with Gasteiger partial charge in [0.05, 0.1) is 11.5 Å². The summed E-state index contributed by atoms with van der Waals surface area (Å²) in [6.07, 6.45) is 4.07. The van der Waals surface area contributed by atoms with Crippen molar-refractivity contribution in [2.75, 3.05) is 7.05 Å². The molecule has 2 unspecified atom stereocenters. The highest BCUT2D eigenvalue weighted by molar-refractivity contribution is 9.10. The molecule has 4 nitrogen and oxygen atoms in total. The molecule has 1 aromatic rings. The lowest BCUT2D eigenvalue weighted by atomic mass is 9.87. The lowest BCUT2D eigenvalue weighted by molar-refractivity contribution is 0.239. The van der Waals surface area contributed by atoms with Gasteiger partial charge in [0.2, 0.25) is 10.0 Å². The first kappa shape index (κ1) is 16.9. The summed E-state index contributed by atoms with van der Waals surface area (Å²) in [5.74, 6) is 0.564. The number of rotatable bonds is 4. The van der Waals surface area contributed by atoms with E-state index in [4.69, 9.17) is 0 Å². The number of nitrogens with zero attached hydrogens (tertiary/aromatic N) is 1. The number of aliphatic hydroxyl groups excluding tert-OH is 1. The minimum absolute atomic E-state index is 0.0587. The van der Waals surface area contributed by atoms with E-state index in [0.29, 0.717) is 16.0 Å². The zero-order valence-electron chi connectivity index (χ0n) is 12.4. The van der Waals surface area contributed by atoms with Gasteiger partial charge in [-0.05, 0) is 52.4 Å². The molecule has 0 radical (unpaired) electrons. The Bertz CT molecular complexity index is 603. The summed E-state index contributed by atoms with van der Waals surface area (Å²) in [4.78, 5) is 0.231. The maximum absolute atomic E-state index is 12.8. The summed E-state index contributed by atoms with van der Waals surface area (Å²) in [6, 6.07) is 4.99. The topological polar surface area (TPSA) is 57.6 Å². The second-order valence-electron chi connectivity index (χ2n) is 5.87. The van der Waals surface area contributed by atoms with E-state index in [0.717, 1.165) is 19.3 Å². The summed E-state index contributed by atoms with van der Waals surface area (Å²) in [7, 11) is -1.89. The molecular weight excluding hydrogens is 354 g/mol. The Morgan fingerprint density at radius 1 is 1.38 bits per heavy atom. The molecule has 1 aromatic carbocycles. The first-order valence-electron chi connectivity index (χ1n) is 7.23. The van der Waals surface area contributed by atoms with Gasteiger partial charge in [-0.3, -0.25) is 0 Å². The van der Waals surface area contributed by atoms with E-state index in [1.807, 2.05) is 0 Å². The van der Waals surface area contributed by atoms with Crippen molar-refractivity contribution in [2.45, 2.75) is 50.2 Å². The van der Waals surface area contributed by atoms with Crippen molar-refractivity contribution in [1.29, 1.82) is 0 Å². The van der Waals surface area contributed by atoms with Gasteiger partial charge < -0.3 is 5.11 Å². The molecule has 1 N–H and O–H groups in total. The van der Waals surface area contributed by atoms with Crippen LogP contribution in [0.2, 0.25) is 0 Å². The molecule has 1 fully saturated rings. The van der Waals surface area contributed by atoms with Crippen LogP contribution >= 0.6 is 15.9 Å². The van der Waals surface area contributed by atoms with Crippen LogP contribution in [-0.4, -0.2) is 30.9 Å². The SMILES string of the molecule is CC1CCCC(N(C)S(=O)(=O)c2cc(CO)ccc2Br)C1. The molecule has 1 aliphatic rings. The molecule has 0 heterocycles. The summed E-state index contributed by atoms with van der Waals surface area (Å²) in [5, 5.41) is 9.22. The van der Waals surface area contributed by atoms with E-state index in [1.54, 1.807) is 25.2 Å². The Balaban J connectivity index is 2.32. The van der Waals surface area contributed by atoms with Gasteiger partial charge in [0, 0.05) is 17.6 Å². The van der Waals surface area contributed by atoms with Gasteiger partial charge in [-0.2, -0.15) is 4.31 Å². The average molecular weight is 376 g/mol. The lowest BCUT2D eigenvalue weighted by Crippen LogP contribution is -2.39. The number of hydrogen-bond donors (Lipinski definition) is 1. The van der Waals surface area contributed by atoms with Crippen LogP contribution in [-0.2, 0) is 16.6 Å². The molecule has 0 aliphatic heterocycles. The monoisotopic (exact) mass is 375 g/mol. The average Bonchev–Trinajstić information content (AvgIpc) is 2.46. The summed E-state index contributed by atoms with van der Waals surface area (Å²) in [5.41, 5.74) is 0.599. The number of hydrogen-bond acceptors (Lipinski definition) is 3. The van der Waals surface area contributed by atoms with Crippen LogP contribution in [0.15, 0.2) is 27.6 Å². The van der Waals surface area contributed by atoms with Crippen molar-refractivity contribution >= 4 is 26.0 Å². The van der Waals surface area contributed by atoms with Crippen molar-refractivity contribution in [3.63, 3.8) is 0 Å². The third-order valence-electron chi connectivity index (χ3n) is 4.26. The highest BCUT2D eigenvalue weighted by atomic mass is 79.9. The second-order valence-corrected chi connectivity index (χ2v) is 8.69. The maximum atomic E-state index is 12.8. The van der Waals surface area contributed by atoms with Crippen LogP contribution in [0.4, 0.5) is 0 Å². The molecule has 118 valence electrons. The third-order valence-corrected chi connectivity index (χ3v) is 7.16. The highest BCUT2D eigenvalue weighted by Gasteiger charge is 2.32. The molecule has 21 heavy (non-hydrogen) atoms. The normalized spacial score (nSPS) is 23.5. The van der Waals surface area contributed by atoms with E-state index in [-0.39, 0.29) is 17.5 Å². The van der Waals surface area contributed by atoms with Crippen LogP contribution < -0.4 is 0 Å². The number of halogens is 1. The quantitative estimate of drug-likeness (QED) is 0.879. The molecular formula is C15H22BrNO3S. The first-order valence-corrected chi connectivity index (χ1v) is 9.47. The number of sulfonamides is 1. The zero-order chi connectivity index (χ0) is 15.6. The van der Waals surface area contributed by atoms with Gasteiger partial charge in [-0.25, -0.2) is 8.42 Å². The van der Waals surface area contributed by atoms with Gasteiger partial charge >= 0.3 is 0 Å². The van der Waals surface area contributed by atoms with Crippen molar-refractivity contribution in [2.24, 2.45) is 5.92 Å². The van der Waals surface area contributed by atoms with E-state index in [2.05, 4.69) is 22.9 Å². The maximum Gasteiger partial charge on any atom is 0.244 e. The van der Waals surface area contributed by atoms with Crippen molar-refractivity contribution in [3.05, 3.63) is 28.2 Å². The molecule has 2 rings (SSSR count). The Hall–Kier alpha value is -0.430. The molecule has 0 saturated heterocycles. The largest absolute Gasteiger partial charge is 0.392 e. The van der Waals surface area contributed by atoms with Gasteiger partial charge in [0.25, 0.3) is 0 Å². The molecule has 1 saturated carbocycles. The van der Waals surface area contributed by atoms with Gasteiger partial charge in [0.1, 0.15) is 0 Å². The van der Waals surface area contributed by atoms with E-state index < -0.39 is 10.0 Å². The Labute approximate surface area is 135 Å². The predicted octanol–water partition coefficient (Wildman–Crippen LogP) is 3.14. The Morgan fingerprint density at radius 3 is 2.71 bits per heavy atom. The van der Waals surface area contributed by atoms with Crippen LogP contribution in [0.5, 0.6) is 0 Å². The van der Waals surface area contributed by atoms with Gasteiger partial charge in [-0.1, -0.05) is 25.8 Å². The molecule has 6 heteroatoms. The standard InChI is InChI=1S/C15H22BrNO3S/c1-11-4-3-5-13(8-11)17(2)21(19,20)15-9-12(10-18)6-7-14(15)16/h6-7,9,11,13,18H,3-5,8,10H2,1-2H3. The van der Waals surface area contributed by atoms with Gasteiger partial charge in [-0.15, -0.1) is 0 Å². The minimum Gasteiger partial charge on any atom is -0.392 e. The molecule has 0 aromatic heterocycles. The Morgan fingerprint density at radius 2 is 2.10 bits per heavy atom. The molecule has 0 bridgehead atoms.